The predicted octanol–water partition coefficient (Wildman–Crippen LogP) is 3.64. The molecule has 27 heavy (non-hydrogen) atoms. The minimum atomic E-state index is -0.507. The number of hydrogen-bond acceptors (Lipinski definition) is 6. The predicted molar refractivity (Wildman–Crippen MR) is 102 cm³/mol. The molecular formula is C20H16N4O3. The highest BCUT2D eigenvalue weighted by atomic mass is 16.4. The Labute approximate surface area is 154 Å². The number of H-pyrrole nitrogens is 1. The molecule has 4 aromatic rings. The van der Waals surface area contributed by atoms with Crippen LogP contribution in [-0.4, -0.2) is 21.7 Å². The average Bonchev–Trinajstić information content (AvgIpc) is 3.31. The van der Waals surface area contributed by atoms with Crippen LogP contribution >= 0.6 is 0 Å². The van der Waals surface area contributed by atoms with Gasteiger partial charge in [-0.05, 0) is 42.8 Å². The van der Waals surface area contributed by atoms with Gasteiger partial charge in [0.1, 0.15) is 0 Å². The van der Waals surface area contributed by atoms with E-state index in [9.17, 15) is 4.79 Å². The van der Waals surface area contributed by atoms with E-state index in [4.69, 9.17) is 15.3 Å². The first-order valence-corrected chi connectivity index (χ1v) is 8.49. The molecule has 7 heteroatoms. The van der Waals surface area contributed by atoms with E-state index in [-0.39, 0.29) is 0 Å². The van der Waals surface area contributed by atoms with Gasteiger partial charge in [-0.1, -0.05) is 12.8 Å². The number of terminal acetylenes is 1. The second-order valence-corrected chi connectivity index (χ2v) is 5.97. The van der Waals surface area contributed by atoms with Crippen LogP contribution in [0, 0.1) is 12.3 Å². The number of benzene rings is 2. The molecule has 0 amide bonds. The van der Waals surface area contributed by atoms with Crippen molar-refractivity contribution in [2.75, 3.05) is 11.9 Å². The first-order chi connectivity index (χ1) is 13.2. The van der Waals surface area contributed by atoms with Crippen molar-refractivity contribution in [1.82, 2.24) is 15.2 Å². The molecular weight excluding hydrogens is 344 g/mol. The van der Waals surface area contributed by atoms with E-state index in [0.29, 0.717) is 28.4 Å². The molecule has 7 nitrogen and oxygen atoms in total. The normalized spacial score (nSPS) is 10.8. The van der Waals surface area contributed by atoms with Crippen LogP contribution in [0.1, 0.15) is 18.9 Å². The number of fused-ring (bicyclic) bond motifs is 1. The van der Waals surface area contributed by atoms with Gasteiger partial charge in [0.25, 0.3) is 0 Å². The molecule has 0 unspecified atom stereocenters. The van der Waals surface area contributed by atoms with Crippen molar-refractivity contribution in [1.29, 1.82) is 0 Å². The average molecular weight is 360 g/mol. The third-order valence-corrected chi connectivity index (χ3v) is 4.08. The lowest BCUT2D eigenvalue weighted by molar-refractivity contribution is 0.554. The van der Waals surface area contributed by atoms with Crippen molar-refractivity contribution < 1.29 is 8.83 Å². The summed E-state index contributed by atoms with van der Waals surface area (Å²) < 4.78 is 10.9. The highest BCUT2D eigenvalue weighted by molar-refractivity contribution is 5.78. The van der Waals surface area contributed by atoms with Crippen molar-refractivity contribution in [2.45, 2.75) is 13.3 Å². The van der Waals surface area contributed by atoms with E-state index in [0.717, 1.165) is 29.8 Å². The Morgan fingerprint density at radius 1 is 1.11 bits per heavy atom. The molecule has 0 saturated carbocycles. The Hall–Kier alpha value is -3.79. The van der Waals surface area contributed by atoms with Crippen LogP contribution in [0.25, 0.3) is 34.0 Å². The topological polar surface area (TPSA) is 97.0 Å². The lowest BCUT2D eigenvalue weighted by Gasteiger charge is -2.08. The van der Waals surface area contributed by atoms with Gasteiger partial charge >= 0.3 is 5.76 Å². The number of nitrogens with zero attached hydrogens (tertiary/aromatic N) is 2. The minimum absolute atomic E-state index is 0.325. The highest BCUT2D eigenvalue weighted by Gasteiger charge is 2.13. The lowest BCUT2D eigenvalue weighted by atomic mass is 10.1. The van der Waals surface area contributed by atoms with E-state index >= 15 is 0 Å². The quantitative estimate of drug-likeness (QED) is 0.527. The highest BCUT2D eigenvalue weighted by Crippen LogP contribution is 2.28. The first-order valence-electron chi connectivity index (χ1n) is 8.49. The van der Waals surface area contributed by atoms with Gasteiger partial charge in [-0.3, -0.25) is 4.98 Å². The molecule has 2 aromatic heterocycles. The monoisotopic (exact) mass is 360 g/mol. The summed E-state index contributed by atoms with van der Waals surface area (Å²) in [6.45, 7) is 2.93. The molecule has 2 heterocycles. The Morgan fingerprint density at radius 2 is 1.85 bits per heavy atom. The molecule has 2 aromatic carbocycles. The van der Waals surface area contributed by atoms with Crippen LogP contribution in [0.4, 0.5) is 5.69 Å². The van der Waals surface area contributed by atoms with E-state index in [1.807, 2.05) is 18.2 Å². The summed E-state index contributed by atoms with van der Waals surface area (Å²) in [5, 5.41) is 11.5. The molecule has 0 aliphatic heterocycles. The number of rotatable bonds is 5. The largest absolute Gasteiger partial charge is 0.417 e. The summed E-state index contributed by atoms with van der Waals surface area (Å²) in [5.41, 5.74) is 4.06. The number of hydrogen-bond donors (Lipinski definition) is 2. The number of aromatic nitrogens is 3. The van der Waals surface area contributed by atoms with Gasteiger partial charge in [0.2, 0.25) is 11.8 Å². The Bertz CT molecular complexity index is 1210. The van der Waals surface area contributed by atoms with Crippen LogP contribution in [0.2, 0.25) is 0 Å². The number of anilines is 1. The maximum Gasteiger partial charge on any atom is 0.417 e. The van der Waals surface area contributed by atoms with E-state index < -0.39 is 5.76 Å². The third-order valence-electron chi connectivity index (χ3n) is 4.08. The SMILES string of the molecule is C#Cc1cc(-c2nnc(-c3ccc4[nH]c(=O)oc4c3)o2)ccc1NCCC. The first kappa shape index (κ1) is 16.7. The van der Waals surface area contributed by atoms with Crippen molar-refractivity contribution in [3.8, 4) is 35.3 Å². The number of oxazole rings is 1. The molecule has 4 rings (SSSR count). The Kier molecular flexibility index (Phi) is 4.22. The summed E-state index contributed by atoms with van der Waals surface area (Å²) >= 11 is 0. The lowest BCUT2D eigenvalue weighted by Crippen LogP contribution is -2.01. The summed E-state index contributed by atoms with van der Waals surface area (Å²) in [6, 6.07) is 10.8. The number of nitrogens with one attached hydrogen (secondary N) is 2. The molecule has 0 spiro atoms. The third kappa shape index (κ3) is 3.20. The Morgan fingerprint density at radius 3 is 2.59 bits per heavy atom. The van der Waals surface area contributed by atoms with Crippen molar-refractivity contribution in [3.63, 3.8) is 0 Å². The summed E-state index contributed by atoms with van der Waals surface area (Å²) in [7, 11) is 0. The molecule has 134 valence electrons. The molecule has 0 radical (unpaired) electrons. The molecule has 0 aliphatic carbocycles. The van der Waals surface area contributed by atoms with Crippen molar-refractivity contribution >= 4 is 16.8 Å². The smallest absolute Gasteiger partial charge is 0.416 e. The number of aromatic amines is 1. The van der Waals surface area contributed by atoms with Gasteiger partial charge in [-0.15, -0.1) is 16.6 Å². The fourth-order valence-electron chi connectivity index (χ4n) is 2.75. The minimum Gasteiger partial charge on any atom is -0.416 e. The fraction of sp³-hybridized carbons (Fsp3) is 0.150. The molecule has 0 atom stereocenters. The van der Waals surface area contributed by atoms with Gasteiger partial charge in [-0.25, -0.2) is 4.79 Å². The maximum absolute atomic E-state index is 11.3. The summed E-state index contributed by atoms with van der Waals surface area (Å²) in [4.78, 5) is 13.9. The molecule has 0 aliphatic rings. The molecule has 2 N–H and O–H groups in total. The van der Waals surface area contributed by atoms with Crippen molar-refractivity contribution in [2.24, 2.45) is 0 Å². The van der Waals surface area contributed by atoms with E-state index in [1.165, 1.54) is 0 Å². The molecule has 0 bridgehead atoms. The van der Waals surface area contributed by atoms with Gasteiger partial charge in [0.05, 0.1) is 5.52 Å². The summed E-state index contributed by atoms with van der Waals surface area (Å²) in [5.74, 6) is 2.86. The fourth-order valence-corrected chi connectivity index (χ4v) is 2.75. The van der Waals surface area contributed by atoms with Crippen molar-refractivity contribution in [3.05, 3.63) is 52.5 Å². The zero-order chi connectivity index (χ0) is 18.8. The van der Waals surface area contributed by atoms with Crippen LogP contribution in [0.3, 0.4) is 0 Å². The molecule has 0 fully saturated rings. The molecule has 0 saturated heterocycles. The maximum atomic E-state index is 11.3. The second kappa shape index (κ2) is 6.84. The van der Waals surface area contributed by atoms with Gasteiger partial charge in [0.15, 0.2) is 5.58 Å². The summed E-state index contributed by atoms with van der Waals surface area (Å²) in [6.07, 6.45) is 6.63. The van der Waals surface area contributed by atoms with Crippen LogP contribution in [-0.2, 0) is 0 Å². The van der Waals surface area contributed by atoms with E-state index in [2.05, 4.69) is 33.3 Å². The van der Waals surface area contributed by atoms with Gasteiger partial charge < -0.3 is 14.2 Å². The zero-order valence-corrected chi connectivity index (χ0v) is 14.6. The van der Waals surface area contributed by atoms with E-state index in [1.54, 1.807) is 18.2 Å². The Balaban J connectivity index is 1.67. The second-order valence-electron chi connectivity index (χ2n) is 5.97. The zero-order valence-electron chi connectivity index (χ0n) is 14.6. The van der Waals surface area contributed by atoms with Crippen LogP contribution < -0.4 is 11.1 Å². The standard InChI is InChI=1S/C20H16N4O3/c1-3-9-21-15-7-5-13(10-12(15)4-2)18-23-24-19(27-18)14-6-8-16-17(11-14)26-20(25)22-16/h2,5-8,10-11,21H,3,9H2,1H3,(H,22,25). The van der Waals surface area contributed by atoms with Gasteiger partial charge in [0, 0.05) is 28.9 Å². The van der Waals surface area contributed by atoms with Crippen LogP contribution in [0.5, 0.6) is 0 Å². The van der Waals surface area contributed by atoms with Crippen LogP contribution in [0.15, 0.2) is 50.0 Å². The van der Waals surface area contributed by atoms with Gasteiger partial charge in [-0.2, -0.15) is 0 Å².